The number of hydrogen-bond acceptors (Lipinski definition) is 3. The van der Waals surface area contributed by atoms with Gasteiger partial charge in [-0.3, -0.25) is 4.79 Å². The summed E-state index contributed by atoms with van der Waals surface area (Å²) in [6, 6.07) is 10.2. The molecule has 2 aliphatic rings. The van der Waals surface area contributed by atoms with Crippen molar-refractivity contribution >= 4 is 29.1 Å². The summed E-state index contributed by atoms with van der Waals surface area (Å²) in [5.74, 6) is 1.08. The predicted molar refractivity (Wildman–Crippen MR) is 93.6 cm³/mol. The molecule has 0 spiro atoms. The summed E-state index contributed by atoms with van der Waals surface area (Å²) >= 11 is 1.77. The lowest BCUT2D eigenvalue weighted by molar-refractivity contribution is -0.133. The van der Waals surface area contributed by atoms with Crippen molar-refractivity contribution in [3.8, 4) is 0 Å². The molecule has 1 aromatic carbocycles. The Labute approximate surface area is 135 Å². The topological polar surface area (TPSA) is 32.7 Å². The second kappa shape index (κ2) is 6.53. The molecule has 0 radical (unpaired) electrons. The first-order valence-electron chi connectivity index (χ1n) is 7.62. The van der Waals surface area contributed by atoms with E-state index in [-0.39, 0.29) is 18.0 Å². The van der Waals surface area contributed by atoms with Gasteiger partial charge in [0, 0.05) is 23.1 Å². The van der Waals surface area contributed by atoms with Crippen molar-refractivity contribution in [1.82, 2.24) is 4.90 Å². The third kappa shape index (κ3) is 3.17. The Morgan fingerprint density at radius 3 is 2.77 bits per heavy atom. The molecule has 3 rings (SSSR count). The molecule has 1 aliphatic heterocycles. The van der Waals surface area contributed by atoms with Crippen molar-refractivity contribution in [1.29, 1.82) is 0 Å². The van der Waals surface area contributed by atoms with Crippen molar-refractivity contribution in [2.75, 3.05) is 5.75 Å². The van der Waals surface area contributed by atoms with Crippen LogP contribution in [0.4, 0.5) is 5.69 Å². The monoisotopic (exact) mass is 312 g/mol. The van der Waals surface area contributed by atoms with Crippen molar-refractivity contribution in [3.63, 3.8) is 0 Å². The van der Waals surface area contributed by atoms with Gasteiger partial charge in [0.15, 0.2) is 0 Å². The molecule has 3 nitrogen and oxygen atoms in total. The van der Waals surface area contributed by atoms with Crippen LogP contribution in [0.3, 0.4) is 0 Å². The third-order valence-corrected chi connectivity index (χ3v) is 4.87. The fourth-order valence-electron chi connectivity index (χ4n) is 2.79. The smallest absolute Gasteiger partial charge is 0.224 e. The fraction of sp³-hybridized carbons (Fsp3) is 0.333. The first-order valence-corrected chi connectivity index (χ1v) is 8.61. The summed E-state index contributed by atoms with van der Waals surface area (Å²) in [4.78, 5) is 20.2. The summed E-state index contributed by atoms with van der Waals surface area (Å²) in [5, 5.41) is 0. The Morgan fingerprint density at radius 2 is 2.05 bits per heavy atom. The first kappa shape index (κ1) is 15.1. The Hall–Kier alpha value is -1.81. The second-order valence-corrected chi connectivity index (χ2v) is 6.88. The Morgan fingerprint density at radius 1 is 1.27 bits per heavy atom. The summed E-state index contributed by atoms with van der Waals surface area (Å²) in [6.07, 6.45) is 6.86. The van der Waals surface area contributed by atoms with E-state index < -0.39 is 0 Å². The molecule has 1 saturated heterocycles. The summed E-state index contributed by atoms with van der Waals surface area (Å²) in [5.41, 5.74) is 1.90. The quantitative estimate of drug-likeness (QED) is 0.828. The molecule has 22 heavy (non-hydrogen) atoms. The van der Waals surface area contributed by atoms with Gasteiger partial charge in [-0.2, -0.15) is 0 Å². The van der Waals surface area contributed by atoms with Gasteiger partial charge in [-0.25, -0.2) is 4.99 Å². The van der Waals surface area contributed by atoms with Gasteiger partial charge in [0.1, 0.15) is 0 Å². The maximum Gasteiger partial charge on any atom is 0.224 e. The van der Waals surface area contributed by atoms with Crippen LogP contribution < -0.4 is 0 Å². The van der Waals surface area contributed by atoms with E-state index >= 15 is 0 Å². The number of amides is 1. The predicted octanol–water partition coefficient (Wildman–Crippen LogP) is 3.96. The van der Waals surface area contributed by atoms with Gasteiger partial charge < -0.3 is 4.90 Å². The molecule has 1 heterocycles. The van der Waals surface area contributed by atoms with Crippen LogP contribution in [0.25, 0.3) is 0 Å². The Kier molecular flexibility index (Phi) is 4.48. The highest BCUT2D eigenvalue weighted by Crippen LogP contribution is 2.33. The average Bonchev–Trinajstić information content (AvgIpc) is 2.66. The zero-order chi connectivity index (χ0) is 15.5. The lowest BCUT2D eigenvalue weighted by atomic mass is 10.1. The molecule has 4 heteroatoms. The van der Waals surface area contributed by atoms with Crippen LogP contribution in [0.15, 0.2) is 58.5 Å². The maximum atomic E-state index is 12.3. The minimum absolute atomic E-state index is 0.0646. The van der Waals surface area contributed by atoms with Gasteiger partial charge in [0.05, 0.1) is 17.4 Å². The van der Waals surface area contributed by atoms with Crippen molar-refractivity contribution in [3.05, 3.63) is 53.5 Å². The van der Waals surface area contributed by atoms with Crippen LogP contribution in [0.5, 0.6) is 0 Å². The molecule has 114 valence electrons. The van der Waals surface area contributed by atoms with Crippen molar-refractivity contribution < 1.29 is 4.79 Å². The molecule has 1 aliphatic carbocycles. The fourth-order valence-corrected chi connectivity index (χ4v) is 3.87. The van der Waals surface area contributed by atoms with Gasteiger partial charge >= 0.3 is 0 Å². The summed E-state index contributed by atoms with van der Waals surface area (Å²) in [7, 11) is 0. The molecule has 1 aromatic rings. The molecule has 1 fully saturated rings. The number of fused-ring (bicyclic) bond motifs is 1. The normalized spacial score (nSPS) is 23.5. The molecule has 0 saturated carbocycles. The number of rotatable bonds is 2. The standard InChI is InChI=1S/C18H20N2OS/c1-13(2)20-16-9-8-15(19-14-6-4-3-5-7-14)12-17(16)22-11-10-18(20)21/h3-9,12-13,16H,10-11H2,1-2H3. The number of hydrogen-bond donors (Lipinski definition) is 0. The molecule has 1 unspecified atom stereocenters. The largest absolute Gasteiger partial charge is 0.329 e. The highest BCUT2D eigenvalue weighted by atomic mass is 32.2. The number of benzene rings is 1. The van der Waals surface area contributed by atoms with Crippen LogP contribution in [0.1, 0.15) is 20.3 Å². The Balaban J connectivity index is 1.91. The second-order valence-electron chi connectivity index (χ2n) is 5.72. The number of thioether (sulfide) groups is 1. The highest BCUT2D eigenvalue weighted by molar-refractivity contribution is 8.03. The van der Waals surface area contributed by atoms with E-state index in [0.717, 1.165) is 17.2 Å². The summed E-state index contributed by atoms with van der Waals surface area (Å²) in [6.45, 7) is 4.15. The van der Waals surface area contributed by atoms with E-state index in [1.54, 1.807) is 11.8 Å². The number of para-hydroxylation sites is 1. The number of allylic oxidation sites excluding steroid dienone is 2. The molecule has 1 atom stereocenters. The van der Waals surface area contributed by atoms with Crippen LogP contribution in [0.2, 0.25) is 0 Å². The number of aliphatic imine (C=N–C) groups is 1. The van der Waals surface area contributed by atoms with Crippen LogP contribution in [0, 0.1) is 0 Å². The van der Waals surface area contributed by atoms with Gasteiger partial charge in [-0.1, -0.05) is 24.3 Å². The maximum absolute atomic E-state index is 12.3. The average molecular weight is 312 g/mol. The van der Waals surface area contributed by atoms with E-state index in [2.05, 4.69) is 31.0 Å². The molecule has 0 aromatic heterocycles. The summed E-state index contributed by atoms with van der Waals surface area (Å²) < 4.78 is 0. The SMILES string of the molecule is CC(C)N1C(=O)CCSC2=CC(=Nc3ccccc3)C=CC21. The van der Waals surface area contributed by atoms with Crippen LogP contribution in [-0.2, 0) is 4.79 Å². The number of carbonyl (C=O) groups is 1. The Bertz CT molecular complexity index is 646. The molecule has 1 amide bonds. The first-order chi connectivity index (χ1) is 10.6. The lowest BCUT2D eigenvalue weighted by Crippen LogP contribution is -2.44. The molecular formula is C18H20N2OS. The van der Waals surface area contributed by atoms with E-state index in [1.807, 2.05) is 41.3 Å². The number of nitrogens with zero attached hydrogens (tertiary/aromatic N) is 2. The lowest BCUT2D eigenvalue weighted by Gasteiger charge is -2.33. The van der Waals surface area contributed by atoms with E-state index in [0.29, 0.717) is 6.42 Å². The minimum atomic E-state index is 0.0646. The van der Waals surface area contributed by atoms with Crippen molar-refractivity contribution in [2.45, 2.75) is 32.4 Å². The zero-order valence-electron chi connectivity index (χ0n) is 12.9. The van der Waals surface area contributed by atoms with Crippen LogP contribution >= 0.6 is 11.8 Å². The zero-order valence-corrected chi connectivity index (χ0v) is 13.7. The minimum Gasteiger partial charge on any atom is -0.329 e. The van der Waals surface area contributed by atoms with E-state index in [4.69, 9.17) is 0 Å². The van der Waals surface area contributed by atoms with Crippen LogP contribution in [-0.4, -0.2) is 34.4 Å². The number of carbonyl (C=O) groups excluding carboxylic acids is 1. The van der Waals surface area contributed by atoms with E-state index in [9.17, 15) is 4.79 Å². The van der Waals surface area contributed by atoms with Crippen molar-refractivity contribution in [2.24, 2.45) is 4.99 Å². The van der Waals surface area contributed by atoms with Gasteiger partial charge in [0.25, 0.3) is 0 Å². The molecule has 0 N–H and O–H groups in total. The molecule has 0 bridgehead atoms. The van der Waals surface area contributed by atoms with E-state index in [1.165, 1.54) is 4.91 Å². The van der Waals surface area contributed by atoms with Gasteiger partial charge in [-0.05, 0) is 38.1 Å². The third-order valence-electron chi connectivity index (χ3n) is 3.77. The highest BCUT2D eigenvalue weighted by Gasteiger charge is 2.31. The van der Waals surface area contributed by atoms with Gasteiger partial charge in [-0.15, -0.1) is 11.8 Å². The molecular weight excluding hydrogens is 292 g/mol. The van der Waals surface area contributed by atoms with Gasteiger partial charge in [0.2, 0.25) is 5.91 Å².